The molecule has 0 heterocycles. The lowest BCUT2D eigenvalue weighted by molar-refractivity contribution is -0.112. The van der Waals surface area contributed by atoms with Crippen LogP contribution in [0, 0.1) is 0 Å². The molecule has 0 amide bonds. The van der Waals surface area contributed by atoms with Gasteiger partial charge in [-0.05, 0) is 8.58 Å². The second-order valence-electron chi connectivity index (χ2n) is 4.02. The molecule has 9 heteroatoms. The third kappa shape index (κ3) is 1.65. The van der Waals surface area contributed by atoms with Gasteiger partial charge in [0.15, 0.2) is 0 Å². The fourth-order valence-corrected chi connectivity index (χ4v) is 3.00. The van der Waals surface area contributed by atoms with Gasteiger partial charge in [0.1, 0.15) is 11.4 Å². The largest absolute Gasteiger partial charge is 0.396 e. The Balaban J connectivity index is 2.45. The van der Waals surface area contributed by atoms with Crippen molar-refractivity contribution in [2.24, 2.45) is 34.4 Å². The van der Waals surface area contributed by atoms with Crippen molar-refractivity contribution < 1.29 is 9.59 Å². The van der Waals surface area contributed by atoms with E-state index in [-0.39, 0.29) is 42.8 Å². The van der Waals surface area contributed by atoms with Crippen LogP contribution in [0.4, 0.5) is 0 Å². The van der Waals surface area contributed by atoms with E-state index in [1.165, 1.54) is 0 Å². The zero-order valence-corrected chi connectivity index (χ0v) is 10.8. The van der Waals surface area contributed by atoms with E-state index in [0.717, 1.165) is 0 Å². The van der Waals surface area contributed by atoms with E-state index in [2.05, 4.69) is 0 Å². The molecule has 0 saturated carbocycles. The Morgan fingerprint density at radius 2 is 0.842 bits per heavy atom. The molecule has 2 rings (SSSR count). The smallest absolute Gasteiger partial charge is 0.227 e. The second-order valence-corrected chi connectivity index (χ2v) is 5.27. The van der Waals surface area contributed by atoms with Crippen LogP contribution >= 0.6 is 8.58 Å². The number of hydrogen-bond acceptors (Lipinski definition) is 8. The van der Waals surface area contributed by atoms with Gasteiger partial charge in [0.05, 0.1) is 22.8 Å². The molecule has 0 bridgehead atoms. The third-order valence-corrected chi connectivity index (χ3v) is 4.46. The normalized spacial score (nSPS) is 20.4. The highest BCUT2D eigenvalue weighted by Crippen LogP contribution is 2.46. The average molecular weight is 280 g/mol. The maximum atomic E-state index is 11.6. The molecule has 0 aliphatic heterocycles. The van der Waals surface area contributed by atoms with Crippen molar-refractivity contribution in [1.82, 2.24) is 0 Å². The van der Waals surface area contributed by atoms with Crippen molar-refractivity contribution in [2.45, 2.75) is 0 Å². The topological polar surface area (TPSA) is 190 Å². The van der Waals surface area contributed by atoms with Crippen molar-refractivity contribution >= 4 is 20.1 Å². The average Bonchev–Trinajstić information content (AvgIpc) is 2.68. The molecule has 0 unspecified atom stereocenters. The first kappa shape index (κ1) is 13.0. The lowest BCUT2D eigenvalue weighted by atomic mass is 10.3. The van der Waals surface area contributed by atoms with Crippen LogP contribution in [-0.2, 0) is 9.59 Å². The van der Waals surface area contributed by atoms with Crippen LogP contribution in [0.15, 0.2) is 44.8 Å². The van der Waals surface area contributed by atoms with Gasteiger partial charge < -0.3 is 34.4 Å². The maximum absolute atomic E-state index is 11.6. The van der Waals surface area contributed by atoms with Crippen molar-refractivity contribution in [3.8, 4) is 0 Å². The van der Waals surface area contributed by atoms with Crippen LogP contribution in [0.3, 0.4) is 0 Å². The predicted molar refractivity (Wildman–Crippen MR) is 71.6 cm³/mol. The highest BCUT2D eigenvalue weighted by atomic mass is 31.1. The number of hydrogen-bond donors (Lipinski definition) is 6. The molecule has 0 fully saturated rings. The van der Waals surface area contributed by atoms with Crippen LogP contribution in [0.25, 0.3) is 0 Å². The van der Waals surface area contributed by atoms with E-state index in [1.54, 1.807) is 0 Å². The monoisotopic (exact) mass is 280 g/mol. The Labute approximate surface area is 110 Å². The van der Waals surface area contributed by atoms with E-state index in [1.807, 2.05) is 0 Å². The molecule has 0 saturated heterocycles. The lowest BCUT2D eigenvalue weighted by Crippen LogP contribution is -2.15. The van der Waals surface area contributed by atoms with Gasteiger partial charge in [0.2, 0.25) is 11.6 Å². The highest BCUT2D eigenvalue weighted by Gasteiger charge is 2.32. The summed E-state index contributed by atoms with van der Waals surface area (Å²) in [4.78, 5) is 23.1. The summed E-state index contributed by atoms with van der Waals surface area (Å²) >= 11 is 0. The number of nitrogens with two attached hydrogens (primary N) is 6. The summed E-state index contributed by atoms with van der Waals surface area (Å²) in [5.74, 6) is -1.06. The second kappa shape index (κ2) is 4.03. The summed E-state index contributed by atoms with van der Waals surface area (Å²) in [5, 5.41) is 0.678. The Bertz CT molecular complexity index is 599. The molecule has 0 aromatic carbocycles. The van der Waals surface area contributed by atoms with Crippen LogP contribution < -0.4 is 34.4 Å². The third-order valence-electron chi connectivity index (χ3n) is 2.89. The van der Waals surface area contributed by atoms with Crippen molar-refractivity contribution in [1.29, 1.82) is 0 Å². The SMILES string of the molecule is NC1=C(N)C(PC2=C(N)C(=O)C(N)=C2N)=C(N)C1=O. The van der Waals surface area contributed by atoms with Crippen LogP contribution in [0.1, 0.15) is 0 Å². The number of carbonyl (C=O) groups is 2. The van der Waals surface area contributed by atoms with Gasteiger partial charge in [-0.3, -0.25) is 9.59 Å². The van der Waals surface area contributed by atoms with E-state index in [4.69, 9.17) is 34.4 Å². The van der Waals surface area contributed by atoms with Crippen molar-refractivity contribution in [2.75, 3.05) is 0 Å². The Morgan fingerprint density at radius 3 is 1.05 bits per heavy atom. The van der Waals surface area contributed by atoms with E-state index < -0.39 is 11.6 Å². The molecule has 8 nitrogen and oxygen atoms in total. The molecule has 2 aliphatic rings. The quantitative estimate of drug-likeness (QED) is 0.297. The molecule has 100 valence electrons. The van der Waals surface area contributed by atoms with Crippen molar-refractivity contribution in [3.63, 3.8) is 0 Å². The number of ketones is 2. The molecular formula is C10H13N6O2P. The standard InChI is InChI=1S/C10H13N6O2P/c11-1-3(13)9(5(15)7(1)17)19-10-4(14)2(12)8(18)6(10)16/h19H,(H6,11,13,15,17)(H6,12,14,16,18). The summed E-state index contributed by atoms with van der Waals surface area (Å²) in [6.07, 6.45) is 0. The minimum Gasteiger partial charge on any atom is -0.396 e. The molecule has 0 aromatic rings. The predicted octanol–water partition coefficient (Wildman–Crippen LogP) is -2.57. The summed E-state index contributed by atoms with van der Waals surface area (Å²) in [6.45, 7) is 0. The number of allylic oxidation sites excluding steroid dienone is 2. The van der Waals surface area contributed by atoms with Gasteiger partial charge in [-0.25, -0.2) is 0 Å². The molecule has 12 N–H and O–H groups in total. The summed E-state index contributed by atoms with van der Waals surface area (Å²) in [6, 6.07) is 0. The number of Topliss-reactive ketones (excluding diaryl/α,β-unsaturated/α-hetero) is 2. The van der Waals surface area contributed by atoms with Gasteiger partial charge in [-0.1, -0.05) is 0 Å². The first-order chi connectivity index (χ1) is 8.77. The minimum absolute atomic E-state index is 0.0562. The number of rotatable bonds is 2. The van der Waals surface area contributed by atoms with Crippen molar-refractivity contribution in [3.05, 3.63) is 44.8 Å². The molecule has 2 aliphatic carbocycles. The summed E-state index contributed by atoms with van der Waals surface area (Å²) < 4.78 is 0. The Hall–Kier alpha value is -2.47. The van der Waals surface area contributed by atoms with Gasteiger partial charge in [-0.2, -0.15) is 0 Å². The number of carbonyl (C=O) groups excluding carboxylic acids is 2. The summed E-state index contributed by atoms with van der Waals surface area (Å²) in [7, 11) is -0.253. The van der Waals surface area contributed by atoms with Gasteiger partial charge in [-0.15, -0.1) is 0 Å². The molecule has 0 spiro atoms. The Morgan fingerprint density at radius 1 is 0.526 bits per heavy atom. The van der Waals surface area contributed by atoms with E-state index in [9.17, 15) is 9.59 Å². The summed E-state index contributed by atoms with van der Waals surface area (Å²) in [5.41, 5.74) is 33.6. The highest BCUT2D eigenvalue weighted by molar-refractivity contribution is 7.49. The first-order valence-electron chi connectivity index (χ1n) is 5.14. The molecule has 0 aromatic heterocycles. The minimum atomic E-state index is -0.529. The maximum Gasteiger partial charge on any atom is 0.227 e. The van der Waals surface area contributed by atoms with Gasteiger partial charge in [0.25, 0.3) is 0 Å². The van der Waals surface area contributed by atoms with Gasteiger partial charge >= 0.3 is 0 Å². The fourth-order valence-electron chi connectivity index (χ4n) is 1.72. The lowest BCUT2D eigenvalue weighted by Gasteiger charge is -2.08. The van der Waals surface area contributed by atoms with E-state index in [0.29, 0.717) is 10.6 Å². The Kier molecular flexibility index (Phi) is 2.75. The molecular weight excluding hydrogens is 267 g/mol. The van der Waals surface area contributed by atoms with E-state index >= 15 is 0 Å². The van der Waals surface area contributed by atoms with Gasteiger partial charge in [0, 0.05) is 10.6 Å². The van der Waals surface area contributed by atoms with Crippen LogP contribution in [-0.4, -0.2) is 11.6 Å². The zero-order chi connectivity index (χ0) is 14.5. The van der Waals surface area contributed by atoms with Crippen LogP contribution in [0.2, 0.25) is 0 Å². The first-order valence-corrected chi connectivity index (χ1v) is 6.14. The zero-order valence-electron chi connectivity index (χ0n) is 9.78. The molecule has 0 radical (unpaired) electrons. The van der Waals surface area contributed by atoms with Crippen LogP contribution in [0.5, 0.6) is 0 Å². The fraction of sp³-hybridized carbons (Fsp3) is 0. The molecule has 0 atom stereocenters. The molecule has 19 heavy (non-hydrogen) atoms.